The highest BCUT2D eigenvalue weighted by atomic mass is 19.1. The van der Waals surface area contributed by atoms with E-state index in [1.807, 2.05) is 26.0 Å². The summed E-state index contributed by atoms with van der Waals surface area (Å²) in [4.78, 5) is 0. The zero-order chi connectivity index (χ0) is 15.6. The van der Waals surface area contributed by atoms with Crippen molar-refractivity contribution in [1.29, 1.82) is 0 Å². The van der Waals surface area contributed by atoms with Gasteiger partial charge in [0.15, 0.2) is 17.4 Å². The maximum Gasteiger partial charge on any atom is 0.198 e. The van der Waals surface area contributed by atoms with E-state index in [1.54, 1.807) is 13.0 Å². The van der Waals surface area contributed by atoms with E-state index in [9.17, 15) is 8.78 Å². The predicted octanol–water partition coefficient (Wildman–Crippen LogP) is 4.26. The van der Waals surface area contributed by atoms with Crippen LogP contribution in [0.3, 0.4) is 0 Å². The SMILES string of the molecule is Cc1ccc(Oc2c(F)cc(CC(C)N)cc2F)c(C)c1. The topological polar surface area (TPSA) is 35.2 Å². The molecule has 2 aromatic rings. The molecule has 2 nitrogen and oxygen atoms in total. The van der Waals surface area contributed by atoms with Crippen LogP contribution in [0.25, 0.3) is 0 Å². The third-order valence-electron chi connectivity index (χ3n) is 3.16. The Bertz CT molecular complexity index is 630. The van der Waals surface area contributed by atoms with E-state index < -0.39 is 11.6 Å². The molecule has 4 heteroatoms. The predicted molar refractivity (Wildman–Crippen MR) is 79.7 cm³/mol. The van der Waals surface area contributed by atoms with Crippen LogP contribution >= 0.6 is 0 Å². The molecule has 0 amide bonds. The van der Waals surface area contributed by atoms with E-state index in [4.69, 9.17) is 10.5 Å². The lowest BCUT2D eigenvalue weighted by atomic mass is 10.1. The van der Waals surface area contributed by atoms with Gasteiger partial charge in [0.05, 0.1) is 0 Å². The van der Waals surface area contributed by atoms with Crippen molar-refractivity contribution in [2.24, 2.45) is 5.73 Å². The lowest BCUT2D eigenvalue weighted by Crippen LogP contribution is -2.18. The number of hydrogen-bond acceptors (Lipinski definition) is 2. The number of nitrogens with two attached hydrogens (primary N) is 1. The number of rotatable bonds is 4. The Hall–Kier alpha value is -1.94. The summed E-state index contributed by atoms with van der Waals surface area (Å²) < 4.78 is 33.5. The van der Waals surface area contributed by atoms with Gasteiger partial charge in [-0.05, 0) is 56.5 Å². The second-order valence-corrected chi connectivity index (χ2v) is 5.44. The molecule has 0 saturated carbocycles. The Morgan fingerprint density at radius 3 is 2.24 bits per heavy atom. The van der Waals surface area contributed by atoms with E-state index in [-0.39, 0.29) is 11.8 Å². The molecule has 0 aliphatic rings. The van der Waals surface area contributed by atoms with E-state index in [2.05, 4.69) is 0 Å². The fourth-order valence-corrected chi connectivity index (χ4v) is 2.22. The van der Waals surface area contributed by atoms with Crippen LogP contribution in [-0.4, -0.2) is 6.04 Å². The van der Waals surface area contributed by atoms with Gasteiger partial charge in [0.2, 0.25) is 0 Å². The molecule has 0 aliphatic carbocycles. The largest absolute Gasteiger partial charge is 0.451 e. The molecule has 0 fully saturated rings. The number of benzene rings is 2. The maximum absolute atomic E-state index is 14.1. The van der Waals surface area contributed by atoms with Gasteiger partial charge in [-0.15, -0.1) is 0 Å². The van der Waals surface area contributed by atoms with Crippen LogP contribution in [0.4, 0.5) is 8.78 Å². The van der Waals surface area contributed by atoms with Crippen molar-refractivity contribution in [2.45, 2.75) is 33.2 Å². The first-order valence-corrected chi connectivity index (χ1v) is 6.85. The van der Waals surface area contributed by atoms with Gasteiger partial charge in [0.1, 0.15) is 5.75 Å². The minimum atomic E-state index is -0.717. The van der Waals surface area contributed by atoms with Crippen molar-refractivity contribution in [1.82, 2.24) is 0 Å². The highest BCUT2D eigenvalue weighted by Crippen LogP contribution is 2.31. The van der Waals surface area contributed by atoms with Gasteiger partial charge in [-0.3, -0.25) is 0 Å². The molecule has 0 aromatic heterocycles. The highest BCUT2D eigenvalue weighted by Gasteiger charge is 2.15. The summed E-state index contributed by atoms with van der Waals surface area (Å²) in [5.41, 5.74) is 8.06. The Labute approximate surface area is 123 Å². The third kappa shape index (κ3) is 3.79. The molecular formula is C17H19F2NO. The van der Waals surface area contributed by atoms with Gasteiger partial charge in [-0.25, -0.2) is 8.78 Å². The zero-order valence-electron chi connectivity index (χ0n) is 12.4. The smallest absolute Gasteiger partial charge is 0.198 e. The average Bonchev–Trinajstić information content (AvgIpc) is 2.35. The molecule has 112 valence electrons. The van der Waals surface area contributed by atoms with Crippen LogP contribution in [0.2, 0.25) is 0 Å². The molecule has 0 radical (unpaired) electrons. The first-order valence-electron chi connectivity index (χ1n) is 6.85. The van der Waals surface area contributed by atoms with Gasteiger partial charge < -0.3 is 10.5 Å². The summed E-state index contributed by atoms with van der Waals surface area (Å²) in [5.74, 6) is -1.37. The van der Waals surface area contributed by atoms with Crippen LogP contribution in [0, 0.1) is 25.5 Å². The van der Waals surface area contributed by atoms with Crippen molar-refractivity contribution in [3.63, 3.8) is 0 Å². The third-order valence-corrected chi connectivity index (χ3v) is 3.16. The molecule has 2 N–H and O–H groups in total. The van der Waals surface area contributed by atoms with Crippen molar-refractivity contribution < 1.29 is 13.5 Å². The van der Waals surface area contributed by atoms with Gasteiger partial charge in [0, 0.05) is 6.04 Å². The molecule has 0 bridgehead atoms. The van der Waals surface area contributed by atoms with Crippen molar-refractivity contribution >= 4 is 0 Å². The molecular weight excluding hydrogens is 272 g/mol. The molecule has 0 saturated heterocycles. The molecule has 0 heterocycles. The lowest BCUT2D eigenvalue weighted by molar-refractivity contribution is 0.404. The second-order valence-electron chi connectivity index (χ2n) is 5.44. The summed E-state index contributed by atoms with van der Waals surface area (Å²) >= 11 is 0. The Morgan fingerprint density at radius 1 is 1.10 bits per heavy atom. The van der Waals surface area contributed by atoms with Gasteiger partial charge in [0.25, 0.3) is 0 Å². The quantitative estimate of drug-likeness (QED) is 0.913. The molecule has 2 aromatic carbocycles. The van der Waals surface area contributed by atoms with Crippen LogP contribution in [-0.2, 0) is 6.42 Å². The average molecular weight is 291 g/mol. The van der Waals surface area contributed by atoms with Crippen molar-refractivity contribution in [3.8, 4) is 11.5 Å². The normalized spacial score (nSPS) is 12.3. The van der Waals surface area contributed by atoms with E-state index in [0.717, 1.165) is 11.1 Å². The van der Waals surface area contributed by atoms with Crippen LogP contribution in [0.5, 0.6) is 11.5 Å². The van der Waals surface area contributed by atoms with E-state index >= 15 is 0 Å². The first-order chi connectivity index (χ1) is 9.86. The lowest BCUT2D eigenvalue weighted by Gasteiger charge is -2.13. The van der Waals surface area contributed by atoms with Crippen molar-refractivity contribution in [2.75, 3.05) is 0 Å². The zero-order valence-corrected chi connectivity index (χ0v) is 12.4. The fourth-order valence-electron chi connectivity index (χ4n) is 2.22. The monoisotopic (exact) mass is 291 g/mol. The summed E-state index contributed by atoms with van der Waals surface area (Å²) in [6.45, 7) is 5.57. The number of ether oxygens (including phenoxy) is 1. The Balaban J connectivity index is 2.32. The molecule has 1 unspecified atom stereocenters. The van der Waals surface area contributed by atoms with Gasteiger partial charge in [-0.1, -0.05) is 17.7 Å². The highest BCUT2D eigenvalue weighted by molar-refractivity contribution is 5.41. The molecule has 2 rings (SSSR count). The van der Waals surface area contributed by atoms with Crippen molar-refractivity contribution in [3.05, 3.63) is 58.7 Å². The Morgan fingerprint density at radius 2 is 1.71 bits per heavy atom. The minimum Gasteiger partial charge on any atom is -0.451 e. The molecule has 1 atom stereocenters. The molecule has 0 spiro atoms. The van der Waals surface area contributed by atoms with Crippen LogP contribution in [0.1, 0.15) is 23.6 Å². The maximum atomic E-state index is 14.1. The fraction of sp³-hybridized carbons (Fsp3) is 0.294. The van der Waals surface area contributed by atoms with E-state index in [0.29, 0.717) is 17.7 Å². The summed E-state index contributed by atoms with van der Waals surface area (Å²) in [6.07, 6.45) is 0.414. The second kappa shape index (κ2) is 6.22. The summed E-state index contributed by atoms with van der Waals surface area (Å²) in [6, 6.07) is 7.82. The number of hydrogen-bond donors (Lipinski definition) is 1. The standard InChI is InChI=1S/C17H19F2NO/c1-10-4-5-16(11(2)6-10)21-17-14(18)8-13(7-12(3)20)9-15(17)19/h4-6,8-9,12H,7,20H2,1-3H3. The first kappa shape index (κ1) is 15.4. The van der Waals surface area contributed by atoms with Crippen LogP contribution < -0.4 is 10.5 Å². The molecule has 21 heavy (non-hydrogen) atoms. The Kier molecular flexibility index (Phi) is 4.58. The minimum absolute atomic E-state index is 0.157. The summed E-state index contributed by atoms with van der Waals surface area (Å²) in [7, 11) is 0. The van der Waals surface area contributed by atoms with Gasteiger partial charge in [-0.2, -0.15) is 0 Å². The molecule has 0 aliphatic heterocycles. The van der Waals surface area contributed by atoms with Gasteiger partial charge >= 0.3 is 0 Å². The summed E-state index contributed by atoms with van der Waals surface area (Å²) in [5, 5.41) is 0. The van der Waals surface area contributed by atoms with Crippen LogP contribution in [0.15, 0.2) is 30.3 Å². The number of aryl methyl sites for hydroxylation is 2. The number of halogens is 2. The van der Waals surface area contributed by atoms with E-state index in [1.165, 1.54) is 12.1 Å².